The molecule has 0 bridgehead atoms. The Bertz CT molecular complexity index is 3820. The molecular formula is C58H38N4O. The van der Waals surface area contributed by atoms with Gasteiger partial charge in [-0.15, -0.1) is 0 Å². The van der Waals surface area contributed by atoms with Crippen molar-refractivity contribution in [3.05, 3.63) is 229 Å². The highest BCUT2D eigenvalue weighted by Gasteiger charge is 2.18. The number of fused-ring (bicyclic) bond motifs is 11. The van der Waals surface area contributed by atoms with Crippen LogP contribution in [0.4, 0.5) is 0 Å². The lowest BCUT2D eigenvalue weighted by Crippen LogP contribution is -2.22. The largest absolute Gasteiger partial charge is 0.322 e. The molecule has 3 aromatic heterocycles. The Labute approximate surface area is 363 Å². The summed E-state index contributed by atoms with van der Waals surface area (Å²) in [4.78, 5) is 24.6. The number of carbonyl (C=O) groups excluding carboxylic acids is 1. The highest BCUT2D eigenvalue weighted by atomic mass is 16.1. The first-order valence-electron chi connectivity index (χ1n) is 21.3. The molecular weight excluding hydrogens is 769 g/mol. The Morgan fingerprint density at radius 3 is 1.86 bits per heavy atom. The van der Waals surface area contributed by atoms with Gasteiger partial charge in [0, 0.05) is 39.4 Å². The van der Waals surface area contributed by atoms with Gasteiger partial charge in [0.05, 0.1) is 5.69 Å². The molecule has 12 rings (SSSR count). The van der Waals surface area contributed by atoms with Gasteiger partial charge in [-0.1, -0.05) is 170 Å². The second kappa shape index (κ2) is 14.9. The molecule has 3 heterocycles. The number of amides is 1. The maximum absolute atomic E-state index is 14.4. The predicted molar refractivity (Wildman–Crippen MR) is 261 cm³/mol. The summed E-state index contributed by atoms with van der Waals surface area (Å²) in [6, 6.07) is 69.3. The van der Waals surface area contributed by atoms with Crippen molar-refractivity contribution in [2.45, 2.75) is 6.42 Å². The number of benzene rings is 9. The standard InChI is InChI=1S/C58H38N4O/c63-58(38-29-27-37(28-30-38)39-16-13-17-43(34-39)55-50-24-9-10-25-51(50)56-57(61-55)62-33-12-11-26-54(62)60-56)59-53(52-36-41-15-2-4-19-45(41)48-22-7-8-23-49(48)52)32-31-42-35-40-14-1-3-18-44(40)47-21-6-5-20-46(42)47/h1-30,32-36H,31H2,(H,59,63)/b53-32-. The van der Waals surface area contributed by atoms with Crippen molar-refractivity contribution < 1.29 is 4.79 Å². The van der Waals surface area contributed by atoms with E-state index in [0.717, 1.165) is 77.4 Å². The fourth-order valence-corrected chi connectivity index (χ4v) is 9.43. The Balaban J connectivity index is 0.912. The summed E-state index contributed by atoms with van der Waals surface area (Å²) >= 11 is 0. The van der Waals surface area contributed by atoms with Crippen LogP contribution in [0.15, 0.2) is 212 Å². The number of aromatic nitrogens is 3. The predicted octanol–water partition coefficient (Wildman–Crippen LogP) is 14.0. The molecule has 1 N–H and O–H groups in total. The lowest BCUT2D eigenvalue weighted by Gasteiger charge is -2.16. The quantitative estimate of drug-likeness (QED) is 0.163. The second-order valence-corrected chi connectivity index (χ2v) is 16.1. The van der Waals surface area contributed by atoms with Crippen LogP contribution >= 0.6 is 0 Å². The van der Waals surface area contributed by atoms with E-state index in [-0.39, 0.29) is 5.91 Å². The van der Waals surface area contributed by atoms with E-state index >= 15 is 0 Å². The molecule has 0 unspecified atom stereocenters. The summed E-state index contributed by atoms with van der Waals surface area (Å²) in [7, 11) is 0. The second-order valence-electron chi connectivity index (χ2n) is 16.1. The van der Waals surface area contributed by atoms with Gasteiger partial charge < -0.3 is 5.32 Å². The van der Waals surface area contributed by atoms with Crippen molar-refractivity contribution in [1.82, 2.24) is 19.7 Å². The van der Waals surface area contributed by atoms with Crippen LogP contribution in [0.2, 0.25) is 0 Å². The minimum atomic E-state index is -0.167. The smallest absolute Gasteiger partial charge is 0.255 e. The summed E-state index contributed by atoms with van der Waals surface area (Å²) in [5.41, 5.74) is 10.1. The van der Waals surface area contributed by atoms with Crippen LogP contribution in [-0.4, -0.2) is 20.3 Å². The number of pyridine rings is 2. The minimum Gasteiger partial charge on any atom is -0.322 e. The molecule has 0 aliphatic heterocycles. The lowest BCUT2D eigenvalue weighted by molar-refractivity contribution is 0.0973. The van der Waals surface area contributed by atoms with Gasteiger partial charge in [-0.2, -0.15) is 0 Å². The molecule has 0 atom stereocenters. The van der Waals surface area contributed by atoms with Crippen molar-refractivity contribution in [1.29, 1.82) is 0 Å². The van der Waals surface area contributed by atoms with Crippen molar-refractivity contribution in [2.75, 3.05) is 0 Å². The third-order valence-corrected chi connectivity index (χ3v) is 12.5. The summed E-state index contributed by atoms with van der Waals surface area (Å²) in [6.07, 6.45) is 4.83. The molecule has 12 aromatic rings. The summed E-state index contributed by atoms with van der Waals surface area (Å²) in [5.74, 6) is -0.167. The molecule has 0 radical (unpaired) electrons. The van der Waals surface area contributed by atoms with E-state index in [4.69, 9.17) is 9.97 Å². The van der Waals surface area contributed by atoms with Gasteiger partial charge in [-0.05, 0) is 103 Å². The maximum Gasteiger partial charge on any atom is 0.255 e. The van der Waals surface area contributed by atoms with Gasteiger partial charge >= 0.3 is 0 Å². The highest BCUT2D eigenvalue weighted by molar-refractivity contribution is 6.14. The molecule has 0 fully saturated rings. The van der Waals surface area contributed by atoms with Gasteiger partial charge in [0.15, 0.2) is 5.65 Å². The number of hydrogen-bond donors (Lipinski definition) is 1. The van der Waals surface area contributed by atoms with Gasteiger partial charge in [0.2, 0.25) is 0 Å². The molecule has 5 nitrogen and oxygen atoms in total. The minimum absolute atomic E-state index is 0.167. The number of carbonyl (C=O) groups is 1. The Morgan fingerprint density at radius 1 is 0.492 bits per heavy atom. The molecule has 9 aromatic carbocycles. The van der Waals surface area contributed by atoms with Crippen LogP contribution in [0.3, 0.4) is 0 Å². The molecule has 63 heavy (non-hydrogen) atoms. The number of allylic oxidation sites excluding steroid dienone is 1. The molecule has 0 saturated carbocycles. The fourth-order valence-electron chi connectivity index (χ4n) is 9.43. The Kier molecular flexibility index (Phi) is 8.64. The van der Waals surface area contributed by atoms with Gasteiger partial charge in [0.25, 0.3) is 5.91 Å². The van der Waals surface area contributed by atoms with Crippen molar-refractivity contribution in [3.63, 3.8) is 0 Å². The number of imidazole rings is 1. The first-order valence-corrected chi connectivity index (χ1v) is 21.3. The van der Waals surface area contributed by atoms with Crippen LogP contribution < -0.4 is 5.32 Å². The van der Waals surface area contributed by atoms with Crippen LogP contribution in [0, 0.1) is 0 Å². The van der Waals surface area contributed by atoms with Gasteiger partial charge in [0.1, 0.15) is 11.2 Å². The van der Waals surface area contributed by atoms with Crippen molar-refractivity contribution >= 4 is 82.3 Å². The van der Waals surface area contributed by atoms with Crippen LogP contribution in [0.5, 0.6) is 0 Å². The number of rotatable bonds is 7. The average molecular weight is 807 g/mol. The third-order valence-electron chi connectivity index (χ3n) is 12.5. The zero-order chi connectivity index (χ0) is 41.9. The van der Waals surface area contributed by atoms with Crippen molar-refractivity contribution in [2.24, 2.45) is 0 Å². The molecule has 0 spiro atoms. The lowest BCUT2D eigenvalue weighted by atomic mass is 9.93. The topological polar surface area (TPSA) is 59.3 Å². The fraction of sp³-hybridized carbons (Fsp3) is 0.0172. The summed E-state index contributed by atoms with van der Waals surface area (Å²) < 4.78 is 2.05. The number of nitrogens with one attached hydrogen (secondary N) is 1. The molecule has 296 valence electrons. The van der Waals surface area contributed by atoms with E-state index < -0.39 is 0 Å². The van der Waals surface area contributed by atoms with Gasteiger partial charge in [-0.3, -0.25) is 9.20 Å². The summed E-state index contributed by atoms with van der Waals surface area (Å²) in [5, 5.41) is 14.9. The first kappa shape index (κ1) is 36.4. The molecule has 5 heteroatoms. The monoisotopic (exact) mass is 806 g/mol. The van der Waals surface area contributed by atoms with Crippen LogP contribution in [0.25, 0.3) is 98.8 Å². The van der Waals surface area contributed by atoms with E-state index in [1.165, 1.54) is 32.5 Å². The van der Waals surface area contributed by atoms with Gasteiger partial charge in [-0.25, -0.2) is 9.97 Å². The van der Waals surface area contributed by atoms with Crippen molar-refractivity contribution in [3.8, 4) is 22.4 Å². The van der Waals surface area contributed by atoms with E-state index in [1.807, 2.05) is 53.1 Å². The third kappa shape index (κ3) is 6.29. The number of nitrogens with zero attached hydrogens (tertiary/aromatic N) is 3. The van der Waals surface area contributed by atoms with E-state index in [0.29, 0.717) is 12.0 Å². The molecule has 0 aliphatic rings. The normalized spacial score (nSPS) is 12.0. The van der Waals surface area contributed by atoms with E-state index in [9.17, 15) is 4.79 Å². The van der Waals surface area contributed by atoms with Crippen LogP contribution in [-0.2, 0) is 6.42 Å². The zero-order valence-electron chi connectivity index (χ0n) is 34.2. The molecule has 0 aliphatic carbocycles. The average Bonchev–Trinajstić information content (AvgIpc) is 3.74. The van der Waals surface area contributed by atoms with Crippen LogP contribution in [0.1, 0.15) is 21.5 Å². The Morgan fingerprint density at radius 2 is 1.10 bits per heavy atom. The molecule has 1 amide bonds. The first-order chi connectivity index (χ1) is 31.1. The molecule has 0 saturated heterocycles. The Hall–Kier alpha value is -8.41. The summed E-state index contributed by atoms with van der Waals surface area (Å²) in [6.45, 7) is 0. The van der Waals surface area contributed by atoms with E-state index in [2.05, 4.69) is 169 Å². The highest BCUT2D eigenvalue weighted by Crippen LogP contribution is 2.36. The number of hydrogen-bond acceptors (Lipinski definition) is 3. The SMILES string of the molecule is O=C(N/C(=C\Cc1cc2ccccc2c2ccccc12)c1cc2ccccc2c2ccccc12)c1ccc(-c2cccc(-c3nc4c(nc5ccccn54)c4ccccc34)c2)cc1. The van der Waals surface area contributed by atoms with E-state index in [1.54, 1.807) is 0 Å². The zero-order valence-corrected chi connectivity index (χ0v) is 34.2. The maximum atomic E-state index is 14.4.